The van der Waals surface area contributed by atoms with E-state index in [1.807, 2.05) is 57.2 Å². The monoisotopic (exact) mass is 691 g/mol. The molecule has 0 aliphatic heterocycles. The second-order valence-corrected chi connectivity index (χ2v) is 17.7. The van der Waals surface area contributed by atoms with Gasteiger partial charge in [0.25, 0.3) is 0 Å². The van der Waals surface area contributed by atoms with Gasteiger partial charge in [-0.05, 0) is 115 Å². The first-order valence-corrected chi connectivity index (χ1v) is 19.9. The number of aryl methyl sites for hydroxylation is 9. The number of hydrogen-bond acceptors (Lipinski definition) is 6. The number of nitrogens with zero attached hydrogens (tertiary/aromatic N) is 1. The zero-order chi connectivity index (χ0) is 34.6. The number of unbranched alkanes of at least 4 members (excludes halogenated alkanes) is 1. The fourth-order valence-corrected chi connectivity index (χ4v) is 11.4. The molecule has 3 aromatic rings. The van der Waals surface area contributed by atoms with E-state index in [1.54, 1.807) is 41.5 Å². The second-order valence-electron chi connectivity index (χ2n) is 12.4. The summed E-state index contributed by atoms with van der Waals surface area (Å²) in [6.45, 7) is 16.8. The third-order valence-electron chi connectivity index (χ3n) is 7.95. The Morgan fingerprint density at radius 1 is 0.457 bits per heavy atom. The van der Waals surface area contributed by atoms with E-state index in [9.17, 15) is 25.3 Å². The third-order valence-corrected chi connectivity index (χ3v) is 13.7. The van der Waals surface area contributed by atoms with Gasteiger partial charge in [-0.2, -0.15) is 4.31 Å². The van der Waals surface area contributed by atoms with Crippen molar-refractivity contribution in [3.05, 3.63) is 86.5 Å². The van der Waals surface area contributed by atoms with Gasteiger partial charge in [0.2, 0.25) is 30.1 Å². The Morgan fingerprint density at radius 2 is 0.761 bits per heavy atom. The fourth-order valence-electron chi connectivity index (χ4n) is 6.46. The minimum atomic E-state index is -3.92. The Morgan fingerprint density at radius 3 is 1.13 bits per heavy atom. The summed E-state index contributed by atoms with van der Waals surface area (Å²) in [5.41, 5.74) is 6.87. The molecule has 3 rings (SSSR count). The van der Waals surface area contributed by atoms with Crippen LogP contribution in [0.15, 0.2) is 51.1 Å². The summed E-state index contributed by atoms with van der Waals surface area (Å²) in [5.74, 6) is 0. The molecule has 0 aromatic heterocycles. The van der Waals surface area contributed by atoms with Crippen molar-refractivity contribution in [1.29, 1.82) is 0 Å². The van der Waals surface area contributed by atoms with Gasteiger partial charge in [-0.15, -0.1) is 0 Å². The quantitative estimate of drug-likeness (QED) is 0.200. The zero-order valence-electron chi connectivity index (χ0n) is 28.5. The summed E-state index contributed by atoms with van der Waals surface area (Å²) in [6.07, 6.45) is 1.08. The Balaban J connectivity index is 1.73. The smallest absolute Gasteiger partial charge is 0.211 e. The summed E-state index contributed by atoms with van der Waals surface area (Å²) in [4.78, 5) is 0.758. The van der Waals surface area contributed by atoms with E-state index in [1.165, 1.54) is 4.31 Å². The van der Waals surface area contributed by atoms with E-state index >= 15 is 0 Å². The van der Waals surface area contributed by atoms with Crippen LogP contribution in [0, 0.1) is 62.3 Å². The third kappa shape index (κ3) is 9.05. The van der Waals surface area contributed by atoms with Gasteiger partial charge in [0, 0.05) is 26.2 Å². The largest absolute Gasteiger partial charge is 0.243 e. The average Bonchev–Trinajstić information content (AvgIpc) is 2.87. The van der Waals surface area contributed by atoms with Gasteiger partial charge in [-0.25, -0.2) is 34.7 Å². The van der Waals surface area contributed by atoms with Crippen molar-refractivity contribution in [2.24, 2.45) is 0 Å². The molecule has 0 aliphatic carbocycles. The van der Waals surface area contributed by atoms with Crippen LogP contribution in [0.2, 0.25) is 0 Å². The van der Waals surface area contributed by atoms with Crippen LogP contribution >= 0.6 is 0 Å². The van der Waals surface area contributed by atoms with Crippen LogP contribution in [0.3, 0.4) is 0 Å². The molecule has 0 saturated carbocycles. The molecular formula is C34H49N3O6S3. The van der Waals surface area contributed by atoms with E-state index in [-0.39, 0.29) is 47.3 Å². The number of rotatable bonds is 15. The fraction of sp³-hybridized carbons (Fsp3) is 0.471. The maximum Gasteiger partial charge on any atom is 0.243 e. The molecule has 46 heavy (non-hydrogen) atoms. The van der Waals surface area contributed by atoms with Crippen molar-refractivity contribution in [1.82, 2.24) is 13.7 Å². The predicted octanol–water partition coefficient (Wildman–Crippen LogP) is 5.58. The van der Waals surface area contributed by atoms with E-state index in [4.69, 9.17) is 0 Å². The molecule has 0 saturated heterocycles. The number of benzene rings is 3. The second kappa shape index (κ2) is 15.1. The molecule has 0 amide bonds. The molecule has 9 nitrogen and oxygen atoms in total. The van der Waals surface area contributed by atoms with E-state index in [2.05, 4.69) is 9.44 Å². The van der Waals surface area contributed by atoms with Gasteiger partial charge in [-0.3, -0.25) is 0 Å². The molecule has 0 spiro atoms. The summed E-state index contributed by atoms with van der Waals surface area (Å²) < 4.78 is 87.2. The Hall–Kier alpha value is -2.61. The van der Waals surface area contributed by atoms with E-state index in [0.29, 0.717) is 46.2 Å². The van der Waals surface area contributed by atoms with Crippen molar-refractivity contribution in [3.8, 4) is 0 Å². The molecule has 0 unspecified atom stereocenters. The molecule has 3 aromatic carbocycles. The van der Waals surface area contributed by atoms with Crippen LogP contribution in [-0.4, -0.2) is 55.7 Å². The number of sulfonamides is 3. The van der Waals surface area contributed by atoms with Gasteiger partial charge >= 0.3 is 0 Å². The van der Waals surface area contributed by atoms with Crippen molar-refractivity contribution in [3.63, 3.8) is 0 Å². The lowest BCUT2D eigenvalue weighted by molar-refractivity contribution is 0.393. The Kier molecular flexibility index (Phi) is 12.4. The molecule has 0 fully saturated rings. The Labute approximate surface area is 277 Å². The normalized spacial score (nSPS) is 12.7. The van der Waals surface area contributed by atoms with Crippen molar-refractivity contribution < 1.29 is 25.3 Å². The highest BCUT2D eigenvalue weighted by atomic mass is 32.2. The standard InChI is InChI=1S/C34H49N3O6S3/c1-23-17-26(4)32(27(5)18-23)44(38,39)35-13-10-11-15-37(46(42,43)34-30(8)21-25(3)22-31(34)9)16-12-14-36-45(40,41)33-28(6)19-24(2)20-29(33)7/h17-22,35-36H,10-16H2,1-9H3. The molecular weight excluding hydrogens is 643 g/mol. The van der Waals surface area contributed by atoms with Crippen LogP contribution in [0.5, 0.6) is 0 Å². The SMILES string of the molecule is Cc1cc(C)c(S(=O)(=O)NCCCCN(CCCNS(=O)(=O)c2c(C)cc(C)cc2C)S(=O)(=O)c2c(C)cc(C)cc2C)c(C)c1. The molecule has 2 N–H and O–H groups in total. The number of nitrogens with one attached hydrogen (secondary N) is 2. The summed E-state index contributed by atoms with van der Waals surface area (Å²) in [6, 6.07) is 11.0. The number of hydrogen-bond donors (Lipinski definition) is 2. The first kappa shape index (κ1) is 37.8. The molecule has 12 heteroatoms. The van der Waals surface area contributed by atoms with Crippen LogP contribution in [0.25, 0.3) is 0 Å². The minimum Gasteiger partial charge on any atom is -0.211 e. The highest BCUT2D eigenvalue weighted by molar-refractivity contribution is 7.90. The lowest BCUT2D eigenvalue weighted by atomic mass is 10.1. The van der Waals surface area contributed by atoms with E-state index in [0.717, 1.165) is 16.7 Å². The lowest BCUT2D eigenvalue weighted by Crippen LogP contribution is -2.36. The van der Waals surface area contributed by atoms with Crippen LogP contribution in [0.1, 0.15) is 69.3 Å². The summed E-state index contributed by atoms with van der Waals surface area (Å²) in [7, 11) is -11.5. The first-order valence-electron chi connectivity index (χ1n) is 15.5. The van der Waals surface area contributed by atoms with Gasteiger partial charge in [0.1, 0.15) is 0 Å². The van der Waals surface area contributed by atoms with Crippen molar-refractivity contribution >= 4 is 30.1 Å². The average molecular weight is 692 g/mol. The van der Waals surface area contributed by atoms with Crippen molar-refractivity contribution in [2.45, 2.75) is 96.3 Å². The predicted molar refractivity (Wildman–Crippen MR) is 185 cm³/mol. The highest BCUT2D eigenvalue weighted by Crippen LogP contribution is 2.27. The van der Waals surface area contributed by atoms with Crippen LogP contribution in [-0.2, 0) is 30.1 Å². The van der Waals surface area contributed by atoms with Crippen molar-refractivity contribution in [2.75, 3.05) is 26.2 Å². The lowest BCUT2D eigenvalue weighted by Gasteiger charge is -2.25. The molecule has 0 heterocycles. The molecule has 0 aliphatic rings. The zero-order valence-corrected chi connectivity index (χ0v) is 31.0. The summed E-state index contributed by atoms with van der Waals surface area (Å²) >= 11 is 0. The topological polar surface area (TPSA) is 130 Å². The van der Waals surface area contributed by atoms with E-state index < -0.39 is 30.1 Å². The highest BCUT2D eigenvalue weighted by Gasteiger charge is 2.28. The van der Waals surface area contributed by atoms with Gasteiger partial charge < -0.3 is 0 Å². The minimum absolute atomic E-state index is 0.0576. The molecule has 0 bridgehead atoms. The Bertz CT molecular complexity index is 1850. The van der Waals surface area contributed by atoms with Crippen LogP contribution < -0.4 is 9.44 Å². The van der Waals surface area contributed by atoms with Gasteiger partial charge in [0.15, 0.2) is 0 Å². The van der Waals surface area contributed by atoms with Gasteiger partial charge in [-0.1, -0.05) is 53.1 Å². The maximum atomic E-state index is 14.0. The molecule has 0 atom stereocenters. The maximum absolute atomic E-state index is 14.0. The van der Waals surface area contributed by atoms with Gasteiger partial charge in [0.05, 0.1) is 14.7 Å². The first-order chi connectivity index (χ1) is 21.3. The molecule has 254 valence electrons. The molecule has 0 radical (unpaired) electrons. The van der Waals surface area contributed by atoms with Crippen LogP contribution in [0.4, 0.5) is 0 Å². The summed E-state index contributed by atoms with van der Waals surface area (Å²) in [5, 5.41) is 0.